The van der Waals surface area contributed by atoms with E-state index in [2.05, 4.69) is 5.32 Å². The minimum Gasteiger partial charge on any atom is -0.494 e. The van der Waals surface area contributed by atoms with Crippen molar-refractivity contribution in [1.29, 1.82) is 0 Å². The van der Waals surface area contributed by atoms with Crippen LogP contribution in [0.5, 0.6) is 5.75 Å². The molecule has 0 aromatic heterocycles. The summed E-state index contributed by atoms with van der Waals surface area (Å²) < 4.78 is 18.3. The first-order valence-corrected chi connectivity index (χ1v) is 8.14. The van der Waals surface area contributed by atoms with Crippen molar-refractivity contribution in [1.82, 2.24) is 0 Å². The lowest BCUT2D eigenvalue weighted by molar-refractivity contribution is -0.119. The molecule has 6 heteroatoms. The summed E-state index contributed by atoms with van der Waals surface area (Å²) in [6.45, 7) is 0.663. The first-order chi connectivity index (χ1) is 12.1. The van der Waals surface area contributed by atoms with Crippen molar-refractivity contribution in [2.45, 2.75) is 19.3 Å². The second-order valence-corrected chi connectivity index (χ2v) is 5.85. The van der Waals surface area contributed by atoms with E-state index in [-0.39, 0.29) is 11.8 Å². The van der Waals surface area contributed by atoms with Gasteiger partial charge in [0.05, 0.1) is 12.8 Å². The van der Waals surface area contributed by atoms with Crippen molar-refractivity contribution in [3.05, 3.63) is 53.8 Å². The molecule has 2 amide bonds. The fourth-order valence-corrected chi connectivity index (χ4v) is 2.84. The molecule has 1 heterocycles. The predicted molar refractivity (Wildman–Crippen MR) is 93.6 cm³/mol. The van der Waals surface area contributed by atoms with E-state index in [0.29, 0.717) is 35.7 Å². The van der Waals surface area contributed by atoms with Crippen LogP contribution in [0.4, 0.5) is 15.8 Å². The van der Waals surface area contributed by atoms with E-state index in [1.165, 1.54) is 31.4 Å². The van der Waals surface area contributed by atoms with E-state index >= 15 is 0 Å². The molecule has 1 saturated heterocycles. The van der Waals surface area contributed by atoms with Gasteiger partial charge in [-0.1, -0.05) is 0 Å². The fraction of sp³-hybridized carbons (Fsp3) is 0.263. The summed E-state index contributed by atoms with van der Waals surface area (Å²) in [5.41, 5.74) is 1.60. The molecule has 0 unspecified atom stereocenters. The third-order valence-corrected chi connectivity index (χ3v) is 4.16. The number of halogens is 1. The van der Waals surface area contributed by atoms with Gasteiger partial charge in [0.2, 0.25) is 5.91 Å². The lowest BCUT2D eigenvalue weighted by Gasteiger charge is -2.28. The van der Waals surface area contributed by atoms with Crippen molar-refractivity contribution < 1.29 is 18.7 Å². The van der Waals surface area contributed by atoms with Crippen LogP contribution in [-0.2, 0) is 4.79 Å². The number of rotatable bonds is 4. The van der Waals surface area contributed by atoms with E-state index in [1.54, 1.807) is 23.1 Å². The Kier molecular flexibility index (Phi) is 4.97. The summed E-state index contributed by atoms with van der Waals surface area (Å²) >= 11 is 0. The lowest BCUT2D eigenvalue weighted by atomic mass is 10.1. The average molecular weight is 342 g/mol. The molecule has 2 aromatic rings. The molecule has 1 aliphatic heterocycles. The number of ether oxygens (including phenoxy) is 1. The highest BCUT2D eigenvalue weighted by atomic mass is 19.1. The molecule has 25 heavy (non-hydrogen) atoms. The molecule has 0 atom stereocenters. The molecular formula is C19H19FN2O3. The maximum atomic E-state index is 12.9. The zero-order valence-electron chi connectivity index (χ0n) is 13.9. The summed E-state index contributed by atoms with van der Waals surface area (Å²) in [5.74, 6) is -0.141. The Morgan fingerprint density at radius 3 is 2.60 bits per heavy atom. The van der Waals surface area contributed by atoms with Crippen LogP contribution in [0.15, 0.2) is 42.5 Å². The van der Waals surface area contributed by atoms with Crippen LogP contribution in [0.1, 0.15) is 29.6 Å². The minimum absolute atomic E-state index is 0.0765. The maximum Gasteiger partial charge on any atom is 0.255 e. The SMILES string of the molecule is COc1cc(NC(=O)c2ccc(F)cc2)ccc1N1CCCCC1=O. The highest BCUT2D eigenvalue weighted by Crippen LogP contribution is 2.33. The van der Waals surface area contributed by atoms with Gasteiger partial charge in [0, 0.05) is 30.3 Å². The molecule has 0 bridgehead atoms. The number of methoxy groups -OCH3 is 1. The van der Waals surface area contributed by atoms with Crippen LogP contribution >= 0.6 is 0 Å². The number of carbonyl (C=O) groups is 2. The number of anilines is 2. The Hall–Kier alpha value is -2.89. The maximum absolute atomic E-state index is 12.9. The number of carbonyl (C=O) groups excluding carboxylic acids is 2. The predicted octanol–water partition coefficient (Wildman–Crippen LogP) is 3.60. The number of amides is 2. The molecule has 2 aromatic carbocycles. The molecule has 0 spiro atoms. The molecule has 1 aliphatic rings. The van der Waals surface area contributed by atoms with Crippen molar-refractivity contribution in [2.75, 3.05) is 23.9 Å². The van der Waals surface area contributed by atoms with Gasteiger partial charge in [-0.3, -0.25) is 9.59 Å². The van der Waals surface area contributed by atoms with Crippen LogP contribution < -0.4 is 15.0 Å². The Morgan fingerprint density at radius 2 is 1.92 bits per heavy atom. The van der Waals surface area contributed by atoms with Crippen LogP contribution in [0.2, 0.25) is 0 Å². The fourth-order valence-electron chi connectivity index (χ4n) is 2.84. The van der Waals surface area contributed by atoms with E-state index in [0.717, 1.165) is 12.8 Å². The van der Waals surface area contributed by atoms with E-state index in [1.807, 2.05) is 0 Å². The number of benzene rings is 2. The zero-order valence-corrected chi connectivity index (χ0v) is 13.9. The second kappa shape index (κ2) is 7.34. The van der Waals surface area contributed by atoms with Gasteiger partial charge in [-0.2, -0.15) is 0 Å². The monoisotopic (exact) mass is 342 g/mol. The Labute approximate surface area is 145 Å². The Morgan fingerprint density at radius 1 is 1.16 bits per heavy atom. The average Bonchev–Trinajstić information content (AvgIpc) is 2.63. The topological polar surface area (TPSA) is 58.6 Å². The van der Waals surface area contributed by atoms with Crippen molar-refractivity contribution in [2.24, 2.45) is 0 Å². The molecule has 1 fully saturated rings. The van der Waals surface area contributed by atoms with Gasteiger partial charge in [-0.25, -0.2) is 4.39 Å². The third kappa shape index (κ3) is 3.79. The number of nitrogens with zero attached hydrogens (tertiary/aromatic N) is 1. The molecule has 130 valence electrons. The molecular weight excluding hydrogens is 323 g/mol. The summed E-state index contributed by atoms with van der Waals surface area (Å²) in [6, 6.07) is 10.5. The van der Waals surface area contributed by atoms with Gasteiger partial charge in [-0.15, -0.1) is 0 Å². The van der Waals surface area contributed by atoms with Crippen LogP contribution in [0, 0.1) is 5.82 Å². The third-order valence-electron chi connectivity index (χ3n) is 4.16. The van der Waals surface area contributed by atoms with E-state index in [4.69, 9.17) is 4.74 Å². The lowest BCUT2D eigenvalue weighted by Crippen LogP contribution is -2.35. The van der Waals surface area contributed by atoms with Crippen molar-refractivity contribution in [3.63, 3.8) is 0 Å². The van der Waals surface area contributed by atoms with Crippen LogP contribution in [0.25, 0.3) is 0 Å². The number of hydrogen-bond acceptors (Lipinski definition) is 3. The van der Waals surface area contributed by atoms with E-state index in [9.17, 15) is 14.0 Å². The molecule has 5 nitrogen and oxygen atoms in total. The first-order valence-electron chi connectivity index (χ1n) is 8.14. The largest absolute Gasteiger partial charge is 0.494 e. The summed E-state index contributed by atoms with van der Waals surface area (Å²) in [4.78, 5) is 26.0. The molecule has 3 rings (SSSR count). The highest BCUT2D eigenvalue weighted by molar-refractivity contribution is 6.04. The van der Waals surface area contributed by atoms with E-state index < -0.39 is 5.82 Å². The van der Waals surface area contributed by atoms with Crippen LogP contribution in [0.3, 0.4) is 0 Å². The molecule has 0 saturated carbocycles. The molecule has 0 radical (unpaired) electrons. The standard InChI is InChI=1S/C19H19FN2O3/c1-25-17-12-15(21-19(24)13-5-7-14(20)8-6-13)9-10-16(17)22-11-3-2-4-18(22)23/h5-10,12H,2-4,11H2,1H3,(H,21,24). The smallest absolute Gasteiger partial charge is 0.255 e. The van der Waals surface area contributed by atoms with Gasteiger partial charge in [0.25, 0.3) is 5.91 Å². The summed E-state index contributed by atoms with van der Waals surface area (Å²) in [5, 5.41) is 2.75. The first kappa shape index (κ1) is 17.0. The van der Waals surface area contributed by atoms with Crippen LogP contribution in [-0.4, -0.2) is 25.5 Å². The Balaban J connectivity index is 1.80. The minimum atomic E-state index is -0.395. The van der Waals surface area contributed by atoms with Gasteiger partial charge in [0.15, 0.2) is 0 Å². The number of piperidine rings is 1. The summed E-state index contributed by atoms with van der Waals surface area (Å²) in [7, 11) is 1.53. The Bertz CT molecular complexity index is 790. The van der Waals surface area contributed by atoms with Gasteiger partial charge < -0.3 is 15.0 Å². The zero-order chi connectivity index (χ0) is 17.8. The van der Waals surface area contributed by atoms with Gasteiger partial charge >= 0.3 is 0 Å². The van der Waals surface area contributed by atoms with Gasteiger partial charge in [-0.05, 0) is 49.2 Å². The number of hydrogen-bond donors (Lipinski definition) is 1. The van der Waals surface area contributed by atoms with Gasteiger partial charge in [0.1, 0.15) is 11.6 Å². The molecule has 1 N–H and O–H groups in total. The highest BCUT2D eigenvalue weighted by Gasteiger charge is 2.22. The normalized spacial score (nSPS) is 14.3. The summed E-state index contributed by atoms with van der Waals surface area (Å²) in [6.07, 6.45) is 2.40. The van der Waals surface area contributed by atoms with Crippen molar-refractivity contribution >= 4 is 23.2 Å². The molecule has 0 aliphatic carbocycles. The van der Waals surface area contributed by atoms with Crippen molar-refractivity contribution in [3.8, 4) is 5.75 Å². The second-order valence-electron chi connectivity index (χ2n) is 5.85. The quantitative estimate of drug-likeness (QED) is 0.923. The number of nitrogens with one attached hydrogen (secondary N) is 1.